The van der Waals surface area contributed by atoms with Crippen LogP contribution in [0.3, 0.4) is 0 Å². The number of nitrogens with zero attached hydrogens (tertiary/aromatic N) is 1. The Hall–Kier alpha value is -2.82. The molecular formula is C26H36N2O3. The van der Waals surface area contributed by atoms with E-state index in [0.29, 0.717) is 24.6 Å². The largest absolute Gasteiger partial charge is 0.484 e. The lowest BCUT2D eigenvalue weighted by molar-refractivity contribution is -0.141. The van der Waals surface area contributed by atoms with Crippen molar-refractivity contribution in [2.45, 2.75) is 65.5 Å². The van der Waals surface area contributed by atoms with Gasteiger partial charge in [0, 0.05) is 12.6 Å². The number of carbonyl (C=O) groups excluding carboxylic acids is 2. The molecule has 2 aromatic rings. The number of hydrogen-bond acceptors (Lipinski definition) is 3. The molecule has 0 spiro atoms. The van der Waals surface area contributed by atoms with E-state index in [9.17, 15) is 9.59 Å². The minimum Gasteiger partial charge on any atom is -0.484 e. The molecular weight excluding hydrogens is 388 g/mol. The molecule has 0 bridgehead atoms. The molecule has 0 unspecified atom stereocenters. The summed E-state index contributed by atoms with van der Waals surface area (Å²) >= 11 is 0. The lowest BCUT2D eigenvalue weighted by Crippen LogP contribution is -2.51. The van der Waals surface area contributed by atoms with Crippen LogP contribution in [0.25, 0.3) is 0 Å². The fourth-order valence-electron chi connectivity index (χ4n) is 3.21. The summed E-state index contributed by atoms with van der Waals surface area (Å²) in [6.07, 6.45) is 1.52. The quantitative estimate of drug-likeness (QED) is 0.575. The normalized spacial score (nSPS) is 12.8. The molecule has 2 rings (SSSR count). The fourth-order valence-corrected chi connectivity index (χ4v) is 3.21. The van der Waals surface area contributed by atoms with Crippen LogP contribution in [0.5, 0.6) is 5.75 Å². The van der Waals surface area contributed by atoms with Gasteiger partial charge in [-0.25, -0.2) is 0 Å². The molecule has 0 fully saturated rings. The Morgan fingerprint density at radius 2 is 1.61 bits per heavy atom. The maximum absolute atomic E-state index is 13.0. The molecule has 5 nitrogen and oxygen atoms in total. The van der Waals surface area contributed by atoms with Gasteiger partial charge in [0.15, 0.2) is 6.61 Å². The first-order valence-electron chi connectivity index (χ1n) is 11.2. The zero-order valence-electron chi connectivity index (χ0n) is 19.4. The molecule has 1 N–H and O–H groups in total. The summed E-state index contributed by atoms with van der Waals surface area (Å²) < 4.78 is 5.74. The van der Waals surface area contributed by atoms with Gasteiger partial charge in [-0.15, -0.1) is 0 Å². The molecule has 0 aliphatic rings. The highest BCUT2D eigenvalue weighted by Crippen LogP contribution is 2.18. The van der Waals surface area contributed by atoms with Gasteiger partial charge in [0.05, 0.1) is 0 Å². The van der Waals surface area contributed by atoms with E-state index in [2.05, 4.69) is 19.2 Å². The van der Waals surface area contributed by atoms with Crippen LogP contribution in [-0.2, 0) is 16.0 Å². The van der Waals surface area contributed by atoms with Gasteiger partial charge in [-0.1, -0.05) is 63.2 Å². The number of carbonyl (C=O) groups is 2. The van der Waals surface area contributed by atoms with Gasteiger partial charge < -0.3 is 15.0 Å². The van der Waals surface area contributed by atoms with Gasteiger partial charge >= 0.3 is 0 Å². The Labute approximate surface area is 186 Å². The Kier molecular flexibility index (Phi) is 9.57. The molecule has 0 heterocycles. The van der Waals surface area contributed by atoms with Crippen molar-refractivity contribution >= 4 is 11.8 Å². The summed E-state index contributed by atoms with van der Waals surface area (Å²) in [6, 6.07) is 17.3. The fraction of sp³-hybridized carbons (Fsp3) is 0.462. The molecule has 31 heavy (non-hydrogen) atoms. The third kappa shape index (κ3) is 7.74. The van der Waals surface area contributed by atoms with Crippen molar-refractivity contribution in [1.82, 2.24) is 10.2 Å². The van der Waals surface area contributed by atoms with Crippen LogP contribution in [0.4, 0.5) is 0 Å². The molecule has 2 amide bonds. The van der Waals surface area contributed by atoms with Crippen LogP contribution in [0.15, 0.2) is 54.6 Å². The Morgan fingerprint density at radius 3 is 2.19 bits per heavy atom. The number of amides is 2. The molecule has 0 radical (unpaired) electrons. The van der Waals surface area contributed by atoms with E-state index in [4.69, 9.17) is 4.74 Å². The average molecular weight is 425 g/mol. The minimum atomic E-state index is -0.572. The first kappa shape index (κ1) is 24.4. The van der Waals surface area contributed by atoms with Crippen molar-refractivity contribution < 1.29 is 14.3 Å². The second-order valence-electron chi connectivity index (χ2n) is 8.33. The Bertz CT molecular complexity index is 818. The first-order valence-corrected chi connectivity index (χ1v) is 11.2. The highest BCUT2D eigenvalue weighted by atomic mass is 16.5. The van der Waals surface area contributed by atoms with Crippen molar-refractivity contribution in [2.75, 3.05) is 13.2 Å². The summed E-state index contributed by atoms with van der Waals surface area (Å²) in [6.45, 7) is 10.4. The van der Waals surface area contributed by atoms with Crippen molar-refractivity contribution in [3.8, 4) is 5.75 Å². The Balaban J connectivity index is 2.05. The van der Waals surface area contributed by atoms with Crippen LogP contribution < -0.4 is 10.1 Å². The van der Waals surface area contributed by atoms with E-state index in [1.807, 2.05) is 68.4 Å². The number of ether oxygens (including phenoxy) is 1. The molecule has 168 valence electrons. The second kappa shape index (κ2) is 12.1. The summed E-state index contributed by atoms with van der Waals surface area (Å²) in [7, 11) is 0. The van der Waals surface area contributed by atoms with Crippen molar-refractivity contribution in [3.63, 3.8) is 0 Å². The van der Waals surface area contributed by atoms with Crippen molar-refractivity contribution in [1.29, 1.82) is 0 Å². The van der Waals surface area contributed by atoms with Crippen molar-refractivity contribution in [2.24, 2.45) is 0 Å². The molecule has 0 aromatic heterocycles. The van der Waals surface area contributed by atoms with E-state index >= 15 is 0 Å². The summed E-state index contributed by atoms with van der Waals surface area (Å²) in [4.78, 5) is 27.4. The van der Waals surface area contributed by atoms with Crippen LogP contribution in [0.1, 0.15) is 58.1 Å². The summed E-state index contributed by atoms with van der Waals surface area (Å²) in [5, 5.41) is 2.98. The van der Waals surface area contributed by atoms with E-state index in [-0.39, 0.29) is 24.5 Å². The number of nitrogens with one attached hydrogen (secondary N) is 1. The van der Waals surface area contributed by atoms with E-state index in [0.717, 1.165) is 12.0 Å². The molecule has 2 aromatic carbocycles. The standard InChI is InChI=1S/C26H36N2O3/c1-6-20(4)27-26(30)21(5)28(17-16-22-10-8-7-9-11-22)25(29)18-31-24-14-12-23(13-15-24)19(2)3/h7-15,19-21H,6,16-18H2,1-5H3,(H,27,30)/t20-,21+/m1/s1. The summed E-state index contributed by atoms with van der Waals surface area (Å²) in [5.74, 6) is 0.749. The number of rotatable bonds is 11. The number of hydrogen-bond donors (Lipinski definition) is 1. The van der Waals surface area contributed by atoms with Gasteiger partial charge in [0.1, 0.15) is 11.8 Å². The third-order valence-electron chi connectivity index (χ3n) is 5.56. The maximum atomic E-state index is 13.0. The first-order chi connectivity index (χ1) is 14.8. The maximum Gasteiger partial charge on any atom is 0.261 e. The van der Waals surface area contributed by atoms with Gasteiger partial charge in [0.25, 0.3) is 5.91 Å². The molecule has 0 aliphatic heterocycles. The molecule has 5 heteroatoms. The van der Waals surface area contributed by atoms with Crippen LogP contribution in [-0.4, -0.2) is 41.9 Å². The van der Waals surface area contributed by atoms with Gasteiger partial charge in [-0.05, 0) is 55.9 Å². The smallest absolute Gasteiger partial charge is 0.261 e. The molecule has 0 aliphatic carbocycles. The minimum absolute atomic E-state index is 0.0664. The van der Waals surface area contributed by atoms with Crippen LogP contribution >= 0.6 is 0 Å². The highest BCUT2D eigenvalue weighted by molar-refractivity contribution is 5.88. The average Bonchev–Trinajstić information content (AvgIpc) is 2.78. The lowest BCUT2D eigenvalue weighted by Gasteiger charge is -2.29. The lowest BCUT2D eigenvalue weighted by atomic mass is 10.0. The van der Waals surface area contributed by atoms with E-state index in [1.54, 1.807) is 11.8 Å². The SMILES string of the molecule is CC[C@@H](C)NC(=O)[C@H](C)N(CCc1ccccc1)C(=O)COc1ccc(C(C)C)cc1. The van der Waals surface area contributed by atoms with Crippen LogP contribution in [0.2, 0.25) is 0 Å². The summed E-state index contributed by atoms with van der Waals surface area (Å²) in [5.41, 5.74) is 2.35. The predicted molar refractivity (Wildman–Crippen MR) is 125 cm³/mol. The zero-order chi connectivity index (χ0) is 22.8. The van der Waals surface area contributed by atoms with Gasteiger partial charge in [0.2, 0.25) is 5.91 Å². The molecule has 0 saturated carbocycles. The molecule has 2 atom stereocenters. The van der Waals surface area contributed by atoms with Crippen molar-refractivity contribution in [3.05, 3.63) is 65.7 Å². The predicted octanol–water partition coefficient (Wildman–Crippen LogP) is 4.56. The molecule has 0 saturated heterocycles. The van der Waals surface area contributed by atoms with E-state index in [1.165, 1.54) is 5.56 Å². The van der Waals surface area contributed by atoms with Gasteiger partial charge in [-0.2, -0.15) is 0 Å². The second-order valence-corrected chi connectivity index (χ2v) is 8.33. The topological polar surface area (TPSA) is 58.6 Å². The van der Waals surface area contributed by atoms with E-state index < -0.39 is 6.04 Å². The number of benzene rings is 2. The monoisotopic (exact) mass is 424 g/mol. The van der Waals surface area contributed by atoms with Gasteiger partial charge in [-0.3, -0.25) is 9.59 Å². The Morgan fingerprint density at radius 1 is 0.968 bits per heavy atom. The third-order valence-corrected chi connectivity index (χ3v) is 5.56. The zero-order valence-corrected chi connectivity index (χ0v) is 19.4. The van der Waals surface area contributed by atoms with Crippen LogP contribution in [0, 0.1) is 0 Å². The highest BCUT2D eigenvalue weighted by Gasteiger charge is 2.26.